The van der Waals surface area contributed by atoms with Crippen LogP contribution in [0.4, 0.5) is 0 Å². The number of nitrogens with zero attached hydrogens (tertiary/aromatic N) is 1. The Bertz CT molecular complexity index is 432. The molecule has 0 spiro atoms. The van der Waals surface area contributed by atoms with E-state index in [1.165, 1.54) is 11.1 Å². The van der Waals surface area contributed by atoms with Crippen LogP contribution in [0, 0.1) is 0 Å². The molecule has 0 fully saturated rings. The zero-order chi connectivity index (χ0) is 16.8. The summed E-state index contributed by atoms with van der Waals surface area (Å²) >= 11 is 0. The first-order valence-electron chi connectivity index (χ1n) is 8.55. The number of aliphatic imine (C=N–C) groups is 1. The highest BCUT2D eigenvalue weighted by Crippen LogP contribution is 2.07. The minimum absolute atomic E-state index is 0.662. The Hall–Kier alpha value is -1.59. The van der Waals surface area contributed by atoms with E-state index in [1.54, 1.807) is 0 Å². The van der Waals surface area contributed by atoms with E-state index in [0.717, 1.165) is 45.3 Å². The summed E-state index contributed by atoms with van der Waals surface area (Å²) in [6, 6.07) is 8.42. The lowest BCUT2D eigenvalue weighted by Crippen LogP contribution is -2.38. The van der Waals surface area contributed by atoms with Crippen LogP contribution in [0.5, 0.6) is 0 Å². The first-order chi connectivity index (χ1) is 11.3. The highest BCUT2D eigenvalue weighted by atomic mass is 16.5. The smallest absolute Gasteiger partial charge is 0.191 e. The van der Waals surface area contributed by atoms with Gasteiger partial charge in [0.15, 0.2) is 5.96 Å². The lowest BCUT2D eigenvalue weighted by molar-refractivity contribution is 0.134. The van der Waals surface area contributed by atoms with E-state index in [4.69, 9.17) is 9.47 Å². The Labute approximate surface area is 140 Å². The maximum absolute atomic E-state index is 5.40. The molecule has 2 N–H and O–H groups in total. The van der Waals surface area contributed by atoms with Crippen molar-refractivity contribution in [3.05, 3.63) is 35.4 Å². The van der Waals surface area contributed by atoms with Crippen LogP contribution in [0.3, 0.4) is 0 Å². The van der Waals surface area contributed by atoms with E-state index >= 15 is 0 Å². The molecule has 0 radical (unpaired) electrons. The third-order valence-corrected chi connectivity index (χ3v) is 3.22. The molecule has 1 aromatic rings. The van der Waals surface area contributed by atoms with Crippen LogP contribution in [0.25, 0.3) is 0 Å². The normalized spacial score (nSPS) is 11.5. The Morgan fingerprint density at radius 3 is 2.30 bits per heavy atom. The van der Waals surface area contributed by atoms with Crippen molar-refractivity contribution in [3.8, 4) is 0 Å². The van der Waals surface area contributed by atoms with Gasteiger partial charge in [-0.15, -0.1) is 0 Å². The van der Waals surface area contributed by atoms with E-state index in [-0.39, 0.29) is 0 Å². The molecule has 5 nitrogen and oxygen atoms in total. The molecule has 0 saturated heterocycles. The molecule has 5 heteroatoms. The zero-order valence-electron chi connectivity index (χ0n) is 14.7. The van der Waals surface area contributed by atoms with E-state index in [9.17, 15) is 0 Å². The van der Waals surface area contributed by atoms with Crippen LogP contribution in [-0.2, 0) is 22.6 Å². The molecule has 0 amide bonds. The standard InChI is InChI=1S/C18H31N3O2/c1-4-19-18(20-12-7-13-22-5-2)21-14-16-8-10-17(11-9-16)15-23-6-3/h8-11H,4-7,12-15H2,1-3H3,(H2,19,20,21). The second-order valence-corrected chi connectivity index (χ2v) is 5.13. The van der Waals surface area contributed by atoms with Crippen LogP contribution in [-0.4, -0.2) is 38.9 Å². The predicted octanol–water partition coefficient (Wildman–Crippen LogP) is 2.70. The topological polar surface area (TPSA) is 54.9 Å². The van der Waals surface area contributed by atoms with Gasteiger partial charge in [-0.2, -0.15) is 0 Å². The maximum atomic E-state index is 5.40. The Morgan fingerprint density at radius 1 is 0.957 bits per heavy atom. The summed E-state index contributed by atoms with van der Waals surface area (Å²) in [4.78, 5) is 4.62. The van der Waals surface area contributed by atoms with Gasteiger partial charge >= 0.3 is 0 Å². The number of ether oxygens (including phenoxy) is 2. The molecule has 0 heterocycles. The predicted molar refractivity (Wildman–Crippen MR) is 95.7 cm³/mol. The minimum Gasteiger partial charge on any atom is -0.382 e. The number of rotatable bonds is 11. The van der Waals surface area contributed by atoms with E-state index in [0.29, 0.717) is 13.2 Å². The van der Waals surface area contributed by atoms with E-state index in [2.05, 4.69) is 46.8 Å². The van der Waals surface area contributed by atoms with Gasteiger partial charge in [0, 0.05) is 32.9 Å². The largest absolute Gasteiger partial charge is 0.382 e. The average molecular weight is 321 g/mol. The highest BCUT2D eigenvalue weighted by Gasteiger charge is 1.98. The number of hydrogen-bond donors (Lipinski definition) is 2. The summed E-state index contributed by atoms with van der Waals surface area (Å²) in [6.45, 7) is 11.4. The van der Waals surface area contributed by atoms with Gasteiger partial charge in [0.2, 0.25) is 0 Å². The fourth-order valence-corrected chi connectivity index (χ4v) is 2.00. The summed E-state index contributed by atoms with van der Waals surface area (Å²) in [6.07, 6.45) is 0.977. The molecule has 0 bridgehead atoms. The molecule has 1 rings (SSSR count). The number of guanidine groups is 1. The second-order valence-electron chi connectivity index (χ2n) is 5.13. The van der Waals surface area contributed by atoms with Crippen LogP contribution >= 0.6 is 0 Å². The van der Waals surface area contributed by atoms with Crippen molar-refractivity contribution in [3.63, 3.8) is 0 Å². The molecule has 130 valence electrons. The first-order valence-corrected chi connectivity index (χ1v) is 8.55. The molecular formula is C18H31N3O2. The van der Waals surface area contributed by atoms with Crippen molar-refractivity contribution >= 4 is 5.96 Å². The van der Waals surface area contributed by atoms with Crippen LogP contribution < -0.4 is 10.6 Å². The van der Waals surface area contributed by atoms with Gasteiger partial charge in [-0.05, 0) is 38.3 Å². The van der Waals surface area contributed by atoms with Crippen LogP contribution in [0.15, 0.2) is 29.3 Å². The first kappa shape index (κ1) is 19.5. The fraction of sp³-hybridized carbons (Fsp3) is 0.611. The van der Waals surface area contributed by atoms with Gasteiger partial charge in [-0.1, -0.05) is 24.3 Å². The number of hydrogen-bond acceptors (Lipinski definition) is 3. The lowest BCUT2D eigenvalue weighted by Gasteiger charge is -2.11. The quantitative estimate of drug-likeness (QED) is 0.374. The minimum atomic E-state index is 0.662. The molecule has 0 unspecified atom stereocenters. The lowest BCUT2D eigenvalue weighted by atomic mass is 10.1. The van der Waals surface area contributed by atoms with Gasteiger partial charge in [-0.25, -0.2) is 4.99 Å². The molecule has 23 heavy (non-hydrogen) atoms. The highest BCUT2D eigenvalue weighted by molar-refractivity contribution is 5.79. The number of benzene rings is 1. The third kappa shape index (κ3) is 9.21. The molecule has 0 aromatic heterocycles. The van der Waals surface area contributed by atoms with Crippen molar-refractivity contribution in [1.82, 2.24) is 10.6 Å². The molecule has 0 aliphatic rings. The van der Waals surface area contributed by atoms with Gasteiger partial charge in [0.1, 0.15) is 0 Å². The van der Waals surface area contributed by atoms with Crippen molar-refractivity contribution in [2.75, 3.05) is 32.9 Å². The van der Waals surface area contributed by atoms with Crippen molar-refractivity contribution in [1.29, 1.82) is 0 Å². The summed E-state index contributed by atoms with van der Waals surface area (Å²) in [5.74, 6) is 0.849. The molecule has 0 aliphatic heterocycles. The summed E-state index contributed by atoms with van der Waals surface area (Å²) in [5, 5.41) is 6.59. The van der Waals surface area contributed by atoms with Gasteiger partial charge in [0.25, 0.3) is 0 Å². The molecule has 1 aromatic carbocycles. The van der Waals surface area contributed by atoms with E-state index < -0.39 is 0 Å². The van der Waals surface area contributed by atoms with Crippen molar-refractivity contribution in [2.45, 2.75) is 40.3 Å². The summed E-state index contributed by atoms with van der Waals surface area (Å²) in [5.41, 5.74) is 2.39. The Kier molecular flexibility index (Phi) is 10.9. The molecule has 0 atom stereocenters. The Balaban J connectivity index is 2.42. The molecule has 0 saturated carbocycles. The van der Waals surface area contributed by atoms with Gasteiger partial charge in [0.05, 0.1) is 13.2 Å². The Morgan fingerprint density at radius 2 is 1.65 bits per heavy atom. The van der Waals surface area contributed by atoms with Crippen molar-refractivity contribution < 1.29 is 9.47 Å². The summed E-state index contributed by atoms with van der Waals surface area (Å²) in [7, 11) is 0. The maximum Gasteiger partial charge on any atom is 0.191 e. The molecule has 0 aliphatic carbocycles. The summed E-state index contributed by atoms with van der Waals surface area (Å²) < 4.78 is 10.7. The fourth-order valence-electron chi connectivity index (χ4n) is 2.00. The zero-order valence-corrected chi connectivity index (χ0v) is 14.7. The van der Waals surface area contributed by atoms with Gasteiger partial charge in [-0.3, -0.25) is 0 Å². The molecular weight excluding hydrogens is 290 g/mol. The van der Waals surface area contributed by atoms with Crippen molar-refractivity contribution in [2.24, 2.45) is 4.99 Å². The van der Waals surface area contributed by atoms with Crippen LogP contribution in [0.2, 0.25) is 0 Å². The second kappa shape index (κ2) is 12.9. The number of nitrogens with one attached hydrogen (secondary N) is 2. The average Bonchev–Trinajstić information content (AvgIpc) is 2.58. The van der Waals surface area contributed by atoms with Crippen LogP contribution in [0.1, 0.15) is 38.3 Å². The van der Waals surface area contributed by atoms with Gasteiger partial charge < -0.3 is 20.1 Å². The monoisotopic (exact) mass is 321 g/mol. The SMILES string of the molecule is CCNC(=NCc1ccc(COCC)cc1)NCCCOCC. The van der Waals surface area contributed by atoms with E-state index in [1.807, 2.05) is 13.8 Å². The third-order valence-electron chi connectivity index (χ3n) is 3.22.